The molecule has 1 aromatic rings. The van der Waals surface area contributed by atoms with Crippen molar-refractivity contribution in [1.82, 2.24) is 0 Å². The molecule has 7 nitrogen and oxygen atoms in total. The molecule has 1 atom stereocenters. The van der Waals surface area contributed by atoms with Gasteiger partial charge in [0.15, 0.2) is 5.78 Å². The summed E-state index contributed by atoms with van der Waals surface area (Å²) >= 11 is 1.49. The summed E-state index contributed by atoms with van der Waals surface area (Å²) < 4.78 is 4.95. The highest BCUT2D eigenvalue weighted by Gasteiger charge is 2.19. The minimum atomic E-state index is -0.721. The lowest BCUT2D eigenvalue weighted by atomic mass is 9.95. The van der Waals surface area contributed by atoms with Crippen molar-refractivity contribution in [2.75, 3.05) is 42.9 Å². The molecule has 4 N–H and O–H groups in total. The number of amides is 1. The maximum Gasteiger partial charge on any atom is 0.234 e. The van der Waals surface area contributed by atoms with Crippen molar-refractivity contribution in [3.8, 4) is 0 Å². The van der Waals surface area contributed by atoms with Crippen LogP contribution in [0.4, 0.5) is 11.4 Å². The fourth-order valence-corrected chi connectivity index (χ4v) is 2.90. The van der Waals surface area contributed by atoms with Gasteiger partial charge in [-0.2, -0.15) is 11.8 Å². The lowest BCUT2D eigenvalue weighted by molar-refractivity contribution is -0.121. The highest BCUT2D eigenvalue weighted by atomic mass is 32.2. The summed E-state index contributed by atoms with van der Waals surface area (Å²) in [6.07, 6.45) is 0.779. The van der Waals surface area contributed by atoms with Gasteiger partial charge in [-0.25, -0.2) is 0 Å². The monoisotopic (exact) mass is 382 g/mol. The number of rotatable bonds is 12. The maximum atomic E-state index is 12.3. The predicted molar refractivity (Wildman–Crippen MR) is 104 cm³/mol. The predicted octanol–water partition coefficient (Wildman–Crippen LogP) is 1.75. The molecule has 0 aliphatic rings. The molecule has 26 heavy (non-hydrogen) atoms. The molecule has 1 unspecified atom stereocenters. The molecule has 0 aliphatic carbocycles. The van der Waals surface area contributed by atoms with Gasteiger partial charge in [-0.1, -0.05) is 0 Å². The average molecular weight is 382 g/mol. The van der Waals surface area contributed by atoms with E-state index in [2.05, 4.69) is 5.32 Å². The summed E-state index contributed by atoms with van der Waals surface area (Å²) in [4.78, 5) is 35.7. The van der Waals surface area contributed by atoms with E-state index in [0.29, 0.717) is 23.5 Å². The third-order valence-electron chi connectivity index (χ3n) is 3.75. The molecule has 0 aliphatic heterocycles. The number of nitrogens with one attached hydrogen (secondary N) is 1. The Balaban J connectivity index is 2.67. The largest absolute Gasteiger partial charge is 0.397 e. The van der Waals surface area contributed by atoms with E-state index in [-0.39, 0.29) is 36.3 Å². The van der Waals surface area contributed by atoms with Crippen molar-refractivity contribution in [2.45, 2.75) is 19.8 Å². The summed E-state index contributed by atoms with van der Waals surface area (Å²) in [6.45, 7) is 1.62. The van der Waals surface area contributed by atoms with Gasteiger partial charge in [-0.15, -0.1) is 0 Å². The second kappa shape index (κ2) is 11.7. The van der Waals surface area contributed by atoms with Gasteiger partial charge in [0.1, 0.15) is 5.78 Å². The molecule has 144 valence electrons. The number of nitrogens with two attached hydrogens (primary N) is 1. The highest BCUT2D eigenvalue weighted by Crippen LogP contribution is 2.22. The van der Waals surface area contributed by atoms with Crippen LogP contribution >= 0.6 is 11.8 Å². The molecular formula is C18H26N2O5S. The van der Waals surface area contributed by atoms with Crippen LogP contribution in [0, 0.1) is 5.92 Å². The van der Waals surface area contributed by atoms with Crippen LogP contribution in [0.3, 0.4) is 0 Å². The van der Waals surface area contributed by atoms with E-state index in [9.17, 15) is 19.5 Å². The molecule has 0 saturated carbocycles. The molecule has 0 fully saturated rings. The first kappa shape index (κ1) is 22.1. The molecule has 0 heterocycles. The van der Waals surface area contributed by atoms with Crippen LogP contribution in [0.25, 0.3) is 0 Å². The van der Waals surface area contributed by atoms with E-state index in [0.717, 1.165) is 12.2 Å². The van der Waals surface area contributed by atoms with Crippen molar-refractivity contribution < 1.29 is 24.2 Å². The van der Waals surface area contributed by atoms with Gasteiger partial charge in [0.05, 0.1) is 23.7 Å². The molecule has 0 spiro atoms. The fourth-order valence-electron chi connectivity index (χ4n) is 2.17. The normalized spacial score (nSPS) is 11.8. The van der Waals surface area contributed by atoms with Crippen molar-refractivity contribution in [1.29, 1.82) is 0 Å². The number of nitrogen functional groups attached to an aromatic ring is 1. The van der Waals surface area contributed by atoms with Crippen LogP contribution in [0.5, 0.6) is 0 Å². The zero-order valence-electron chi connectivity index (χ0n) is 15.1. The minimum Gasteiger partial charge on any atom is -0.397 e. The minimum absolute atomic E-state index is 0.0848. The van der Waals surface area contributed by atoms with E-state index in [1.165, 1.54) is 30.8 Å². The van der Waals surface area contributed by atoms with Gasteiger partial charge < -0.3 is 20.9 Å². The van der Waals surface area contributed by atoms with Crippen molar-refractivity contribution in [2.24, 2.45) is 5.92 Å². The van der Waals surface area contributed by atoms with Gasteiger partial charge >= 0.3 is 0 Å². The number of Topliss-reactive ketones (excluding diaryl/α,β-unsaturated/α-hetero) is 2. The number of anilines is 2. The Morgan fingerprint density at radius 1 is 1.35 bits per heavy atom. The summed E-state index contributed by atoms with van der Waals surface area (Å²) in [5, 5.41) is 11.9. The van der Waals surface area contributed by atoms with Gasteiger partial charge in [0.2, 0.25) is 5.91 Å². The number of aliphatic hydroxyl groups excluding tert-OH is 1. The third kappa shape index (κ3) is 7.55. The van der Waals surface area contributed by atoms with Crippen LogP contribution in [0.1, 0.15) is 30.1 Å². The van der Waals surface area contributed by atoms with Gasteiger partial charge in [0.25, 0.3) is 0 Å². The number of ketones is 2. The number of aliphatic hydroxyl groups is 1. The molecular weight excluding hydrogens is 356 g/mol. The van der Waals surface area contributed by atoms with Gasteiger partial charge in [-0.3, -0.25) is 14.4 Å². The molecule has 1 aromatic carbocycles. The summed E-state index contributed by atoms with van der Waals surface area (Å²) in [5.41, 5.74) is 6.91. The van der Waals surface area contributed by atoms with E-state index in [4.69, 9.17) is 10.5 Å². The third-order valence-corrected chi connectivity index (χ3v) is 4.79. The van der Waals surface area contributed by atoms with Crippen LogP contribution < -0.4 is 11.1 Å². The van der Waals surface area contributed by atoms with Gasteiger partial charge in [0, 0.05) is 31.6 Å². The second-order valence-corrected chi connectivity index (χ2v) is 6.97. The first-order valence-corrected chi connectivity index (χ1v) is 9.45. The first-order valence-electron chi connectivity index (χ1n) is 8.29. The number of hydrogen-bond donors (Lipinski definition) is 3. The van der Waals surface area contributed by atoms with Crippen LogP contribution in [-0.2, 0) is 14.3 Å². The topological polar surface area (TPSA) is 119 Å². The fraction of sp³-hybridized carbons (Fsp3) is 0.500. The molecule has 0 aromatic heterocycles. The van der Waals surface area contributed by atoms with Gasteiger partial charge in [-0.05, 0) is 37.3 Å². The first-order chi connectivity index (χ1) is 12.4. The number of carbonyl (C=O) groups is 3. The Bertz CT molecular complexity index is 636. The van der Waals surface area contributed by atoms with Crippen LogP contribution in [-0.4, -0.2) is 54.4 Å². The Kier molecular flexibility index (Phi) is 9.93. The number of hydrogen-bond acceptors (Lipinski definition) is 7. The highest BCUT2D eigenvalue weighted by molar-refractivity contribution is 7.99. The summed E-state index contributed by atoms with van der Waals surface area (Å²) in [6, 6.07) is 4.58. The lowest BCUT2D eigenvalue weighted by Crippen LogP contribution is -2.20. The van der Waals surface area contributed by atoms with Crippen molar-refractivity contribution in [3.63, 3.8) is 0 Å². The Labute approximate surface area is 157 Å². The SMILES string of the molecule is COCCCSCC(=O)Nc1cc(C(=O)CC(CO)C(C)=O)ccc1N. The zero-order chi connectivity index (χ0) is 19.5. The Morgan fingerprint density at radius 3 is 2.69 bits per heavy atom. The number of benzene rings is 1. The van der Waals surface area contributed by atoms with E-state index >= 15 is 0 Å². The smallest absolute Gasteiger partial charge is 0.234 e. The molecule has 1 amide bonds. The number of carbonyl (C=O) groups excluding carboxylic acids is 3. The van der Waals surface area contributed by atoms with Crippen molar-refractivity contribution >= 4 is 40.6 Å². The molecule has 0 saturated heterocycles. The standard InChI is InChI=1S/C18H26N2O5S/c1-12(22)14(10-21)9-17(23)13-4-5-15(19)16(8-13)20-18(24)11-26-7-3-6-25-2/h4-5,8,14,21H,3,6-7,9-11,19H2,1-2H3,(H,20,24). The number of methoxy groups -OCH3 is 1. The zero-order valence-corrected chi connectivity index (χ0v) is 15.9. The molecule has 1 rings (SSSR count). The lowest BCUT2D eigenvalue weighted by Gasteiger charge is -2.12. The Morgan fingerprint density at radius 2 is 2.08 bits per heavy atom. The average Bonchev–Trinajstić information content (AvgIpc) is 2.60. The Hall–Kier alpha value is -1.90. The number of ether oxygens (including phenoxy) is 1. The van der Waals surface area contributed by atoms with E-state index in [1.807, 2.05) is 0 Å². The van der Waals surface area contributed by atoms with E-state index < -0.39 is 5.92 Å². The molecule has 0 bridgehead atoms. The van der Waals surface area contributed by atoms with Crippen LogP contribution in [0.2, 0.25) is 0 Å². The van der Waals surface area contributed by atoms with Crippen molar-refractivity contribution in [3.05, 3.63) is 23.8 Å². The molecule has 8 heteroatoms. The van der Waals surface area contributed by atoms with E-state index in [1.54, 1.807) is 13.2 Å². The number of thioether (sulfide) groups is 1. The summed E-state index contributed by atoms with van der Waals surface area (Å²) in [5.74, 6) is -0.373. The second-order valence-electron chi connectivity index (χ2n) is 5.87. The quantitative estimate of drug-likeness (QED) is 0.286. The maximum absolute atomic E-state index is 12.3. The van der Waals surface area contributed by atoms with Crippen LogP contribution in [0.15, 0.2) is 18.2 Å². The summed E-state index contributed by atoms with van der Waals surface area (Å²) in [7, 11) is 1.63. The molecule has 0 radical (unpaired) electrons.